The Labute approximate surface area is 155 Å². The fourth-order valence-electron chi connectivity index (χ4n) is 2.76. The topological polar surface area (TPSA) is 61.8 Å². The first-order valence-electron chi connectivity index (χ1n) is 7.69. The number of rotatable bonds is 4. The van der Waals surface area contributed by atoms with Crippen molar-refractivity contribution in [2.24, 2.45) is 5.10 Å². The molecule has 1 fully saturated rings. The Morgan fingerprint density at radius 2 is 1.88 bits per heavy atom. The van der Waals surface area contributed by atoms with Crippen molar-refractivity contribution in [3.05, 3.63) is 69.7 Å². The average molecular weight is 376 g/mol. The minimum absolute atomic E-state index is 0.383. The summed E-state index contributed by atoms with van der Waals surface area (Å²) in [5.74, 6) is -0.424. The molecule has 0 spiro atoms. The average Bonchev–Trinajstić information content (AvgIpc) is 2.86. The summed E-state index contributed by atoms with van der Waals surface area (Å²) in [5.41, 5.74) is 0.165. The molecule has 3 rings (SSSR count). The Morgan fingerprint density at radius 1 is 1.16 bits per heavy atom. The van der Waals surface area contributed by atoms with E-state index in [9.17, 15) is 9.59 Å². The summed E-state index contributed by atoms with van der Waals surface area (Å²) < 4.78 is 0. The Balaban J connectivity index is 1.92. The first kappa shape index (κ1) is 17.5. The molecule has 1 aliphatic heterocycles. The van der Waals surface area contributed by atoms with Crippen molar-refractivity contribution in [2.45, 2.75) is 18.9 Å². The van der Waals surface area contributed by atoms with Crippen molar-refractivity contribution in [3.63, 3.8) is 0 Å². The summed E-state index contributed by atoms with van der Waals surface area (Å²) in [6.45, 7) is 1.84. The maximum absolute atomic E-state index is 12.9. The number of benzene rings is 2. The van der Waals surface area contributed by atoms with Crippen LogP contribution in [0.2, 0.25) is 10.0 Å². The van der Waals surface area contributed by atoms with Crippen LogP contribution in [0, 0.1) is 0 Å². The lowest BCUT2D eigenvalue weighted by molar-refractivity contribution is -0.131. The maximum atomic E-state index is 12.9. The van der Waals surface area contributed by atoms with E-state index in [1.807, 2.05) is 37.3 Å². The highest BCUT2D eigenvalue weighted by Gasteiger charge is 2.51. The van der Waals surface area contributed by atoms with Gasteiger partial charge in [0, 0.05) is 10.6 Å². The standard InChI is InChI=1S/C18H15Cl2N3O2/c1-2-18(13-6-4-3-5-7-13)16(24)23(17(25)22-18)21-11-12-8-9-14(19)10-15(12)20/h3-11H,2H2,1H3,(H,22,25)/b21-11-/t18-/m0/s1. The minimum atomic E-state index is -1.11. The zero-order valence-corrected chi connectivity index (χ0v) is 14.9. The number of nitrogens with zero attached hydrogens (tertiary/aromatic N) is 2. The lowest BCUT2D eigenvalue weighted by Gasteiger charge is -2.24. The van der Waals surface area contributed by atoms with Gasteiger partial charge in [0.1, 0.15) is 5.54 Å². The molecule has 128 valence electrons. The third-order valence-electron chi connectivity index (χ3n) is 4.14. The van der Waals surface area contributed by atoms with E-state index in [0.717, 1.165) is 10.6 Å². The second-order valence-corrected chi connectivity index (χ2v) is 6.43. The van der Waals surface area contributed by atoms with E-state index < -0.39 is 17.5 Å². The molecule has 1 N–H and O–H groups in total. The summed E-state index contributed by atoms with van der Waals surface area (Å²) in [4.78, 5) is 25.2. The van der Waals surface area contributed by atoms with Crippen molar-refractivity contribution in [2.75, 3.05) is 0 Å². The molecule has 3 amide bonds. The first-order valence-corrected chi connectivity index (χ1v) is 8.45. The van der Waals surface area contributed by atoms with E-state index in [1.165, 1.54) is 6.21 Å². The number of hydrogen-bond acceptors (Lipinski definition) is 3. The molecule has 25 heavy (non-hydrogen) atoms. The van der Waals surface area contributed by atoms with Gasteiger partial charge in [0.25, 0.3) is 5.91 Å². The van der Waals surface area contributed by atoms with E-state index >= 15 is 0 Å². The van der Waals surface area contributed by atoms with Crippen LogP contribution in [0.15, 0.2) is 53.6 Å². The Kier molecular flexibility index (Phi) is 4.79. The quantitative estimate of drug-likeness (QED) is 0.643. The van der Waals surface area contributed by atoms with Crippen LogP contribution >= 0.6 is 23.2 Å². The summed E-state index contributed by atoms with van der Waals surface area (Å²) in [7, 11) is 0. The van der Waals surface area contributed by atoms with E-state index in [4.69, 9.17) is 23.2 Å². The fraction of sp³-hybridized carbons (Fsp3) is 0.167. The summed E-state index contributed by atoms with van der Waals surface area (Å²) in [6.07, 6.45) is 1.78. The maximum Gasteiger partial charge on any atom is 0.346 e. The van der Waals surface area contributed by atoms with E-state index in [1.54, 1.807) is 18.2 Å². The molecular formula is C18H15Cl2N3O2. The van der Waals surface area contributed by atoms with Gasteiger partial charge in [-0.25, -0.2) is 4.79 Å². The second-order valence-electron chi connectivity index (χ2n) is 5.58. The molecule has 1 saturated heterocycles. The smallest absolute Gasteiger partial charge is 0.318 e. The molecule has 5 nitrogen and oxygen atoms in total. The third-order valence-corrected chi connectivity index (χ3v) is 4.70. The van der Waals surface area contributed by atoms with Crippen molar-refractivity contribution in [3.8, 4) is 0 Å². The van der Waals surface area contributed by atoms with Crippen molar-refractivity contribution in [1.29, 1.82) is 0 Å². The van der Waals surface area contributed by atoms with Crippen molar-refractivity contribution >= 4 is 41.4 Å². The summed E-state index contributed by atoms with van der Waals surface area (Å²) >= 11 is 11.9. The number of hydrogen-bond donors (Lipinski definition) is 1. The van der Waals surface area contributed by atoms with Crippen LogP contribution in [-0.4, -0.2) is 23.2 Å². The van der Waals surface area contributed by atoms with Gasteiger partial charge in [-0.1, -0.05) is 66.5 Å². The van der Waals surface area contributed by atoms with Gasteiger partial charge in [0.15, 0.2) is 0 Å². The molecular weight excluding hydrogens is 361 g/mol. The predicted molar refractivity (Wildman–Crippen MR) is 97.8 cm³/mol. The van der Waals surface area contributed by atoms with Crippen LogP contribution in [0.4, 0.5) is 4.79 Å². The number of nitrogens with one attached hydrogen (secondary N) is 1. The van der Waals surface area contributed by atoms with Crippen molar-refractivity contribution in [1.82, 2.24) is 10.3 Å². The van der Waals surface area contributed by atoms with Gasteiger partial charge < -0.3 is 5.32 Å². The van der Waals surface area contributed by atoms with Gasteiger partial charge in [-0.15, -0.1) is 5.01 Å². The highest BCUT2D eigenvalue weighted by atomic mass is 35.5. The van der Waals surface area contributed by atoms with Crippen LogP contribution in [-0.2, 0) is 10.3 Å². The van der Waals surface area contributed by atoms with Crippen molar-refractivity contribution < 1.29 is 9.59 Å². The Bertz CT molecular complexity index is 855. The largest absolute Gasteiger partial charge is 0.346 e. The number of imide groups is 1. The highest BCUT2D eigenvalue weighted by molar-refractivity contribution is 6.36. The molecule has 1 aliphatic rings. The highest BCUT2D eigenvalue weighted by Crippen LogP contribution is 2.32. The van der Waals surface area contributed by atoms with Gasteiger partial charge in [-0.3, -0.25) is 4.79 Å². The number of urea groups is 1. The fourth-order valence-corrected chi connectivity index (χ4v) is 3.21. The zero-order valence-electron chi connectivity index (χ0n) is 13.4. The molecule has 0 bridgehead atoms. The summed E-state index contributed by atoms with van der Waals surface area (Å²) in [6, 6.07) is 13.4. The SMILES string of the molecule is CC[C@@]1(c2ccccc2)NC(=O)N(/N=C\c2ccc(Cl)cc2Cl)C1=O. The monoisotopic (exact) mass is 375 g/mol. The lowest BCUT2D eigenvalue weighted by atomic mass is 9.87. The molecule has 7 heteroatoms. The Hall–Kier alpha value is -2.37. The lowest BCUT2D eigenvalue weighted by Crippen LogP contribution is -2.43. The van der Waals surface area contributed by atoms with Crippen LogP contribution in [0.3, 0.4) is 0 Å². The van der Waals surface area contributed by atoms with E-state index in [-0.39, 0.29) is 0 Å². The molecule has 0 unspecified atom stereocenters. The minimum Gasteiger partial charge on any atom is -0.318 e. The number of carbonyl (C=O) groups excluding carboxylic acids is 2. The molecule has 2 aromatic rings. The Morgan fingerprint density at radius 3 is 2.52 bits per heavy atom. The van der Waals surface area contributed by atoms with Gasteiger partial charge in [0.05, 0.1) is 11.2 Å². The number of hydrazone groups is 1. The number of carbonyl (C=O) groups is 2. The van der Waals surface area contributed by atoms with E-state index in [0.29, 0.717) is 22.0 Å². The van der Waals surface area contributed by atoms with Gasteiger partial charge in [-0.05, 0) is 24.1 Å². The molecule has 2 aromatic carbocycles. The van der Waals surface area contributed by atoms with Crippen LogP contribution in [0.25, 0.3) is 0 Å². The molecule has 0 aliphatic carbocycles. The van der Waals surface area contributed by atoms with Crippen LogP contribution in [0.1, 0.15) is 24.5 Å². The first-order chi connectivity index (χ1) is 12.0. The van der Waals surface area contributed by atoms with Gasteiger partial charge >= 0.3 is 6.03 Å². The molecule has 1 atom stereocenters. The van der Waals surface area contributed by atoms with Gasteiger partial charge in [0.2, 0.25) is 0 Å². The van der Waals surface area contributed by atoms with Gasteiger partial charge in [-0.2, -0.15) is 5.10 Å². The van der Waals surface area contributed by atoms with Crippen LogP contribution in [0.5, 0.6) is 0 Å². The molecule has 1 heterocycles. The molecule has 0 saturated carbocycles. The van der Waals surface area contributed by atoms with E-state index in [2.05, 4.69) is 10.4 Å². The zero-order chi connectivity index (χ0) is 18.0. The summed E-state index contributed by atoms with van der Waals surface area (Å²) in [5, 5.41) is 8.51. The second kappa shape index (κ2) is 6.86. The number of amides is 3. The number of halogens is 2. The predicted octanol–water partition coefficient (Wildman–Crippen LogP) is 4.18. The molecule has 0 radical (unpaired) electrons. The third kappa shape index (κ3) is 3.13. The van der Waals surface area contributed by atoms with Crippen LogP contribution < -0.4 is 5.32 Å². The molecule has 0 aromatic heterocycles. The normalized spacial score (nSPS) is 20.4.